The van der Waals surface area contributed by atoms with Gasteiger partial charge in [0.2, 0.25) is 0 Å². The fourth-order valence-corrected chi connectivity index (χ4v) is 0.113. The predicted molar refractivity (Wildman–Crippen MR) is 24.5 cm³/mol. The van der Waals surface area contributed by atoms with Gasteiger partial charge < -0.3 is 10.2 Å². The summed E-state index contributed by atoms with van der Waals surface area (Å²) in [6.45, 7) is 0. The first-order valence-electron chi connectivity index (χ1n) is 1.93. The summed E-state index contributed by atoms with van der Waals surface area (Å²) in [5.74, 6) is 0. The first-order chi connectivity index (χ1) is 4.63. The lowest BCUT2D eigenvalue weighted by Crippen LogP contribution is -2.28. The molecule has 0 radical (unpaired) electrons. The Morgan fingerprint density at radius 2 is 1.30 bits per heavy atom. The molecule has 58 valence electrons. The number of hydroxylamine groups is 2. The molecule has 0 rings (SSSR count). The van der Waals surface area contributed by atoms with E-state index in [1.807, 2.05) is 0 Å². The maximum Gasteiger partial charge on any atom is 0.431 e. The van der Waals surface area contributed by atoms with E-state index >= 15 is 0 Å². The van der Waals surface area contributed by atoms with Crippen LogP contribution in [0.5, 0.6) is 0 Å². The van der Waals surface area contributed by atoms with Gasteiger partial charge in [-0.25, -0.2) is 9.59 Å². The highest BCUT2D eigenvalue weighted by Gasteiger charge is 1.95. The van der Waals surface area contributed by atoms with Crippen molar-refractivity contribution in [3.05, 3.63) is 0 Å². The SMILES string of the molecule is O=C(O)NOONC(=O)O. The summed E-state index contributed by atoms with van der Waals surface area (Å²) in [6, 6.07) is 0. The van der Waals surface area contributed by atoms with Crippen LogP contribution in [0.3, 0.4) is 0 Å². The molecule has 0 aliphatic rings. The highest BCUT2D eigenvalue weighted by Crippen LogP contribution is 1.67. The highest BCUT2D eigenvalue weighted by molar-refractivity contribution is 5.63. The molecule has 0 aromatic heterocycles. The molecule has 0 saturated heterocycles. The first kappa shape index (κ1) is 8.46. The minimum absolute atomic E-state index is 1.27. The first-order valence-corrected chi connectivity index (χ1v) is 1.93. The molecule has 0 fully saturated rings. The van der Waals surface area contributed by atoms with E-state index in [0.717, 1.165) is 0 Å². The summed E-state index contributed by atoms with van der Waals surface area (Å²) >= 11 is 0. The van der Waals surface area contributed by atoms with E-state index in [9.17, 15) is 9.59 Å². The second-order valence-corrected chi connectivity index (χ2v) is 0.981. The molecule has 0 aromatic carbocycles. The van der Waals surface area contributed by atoms with Crippen LogP contribution in [0.4, 0.5) is 9.59 Å². The van der Waals surface area contributed by atoms with E-state index in [-0.39, 0.29) is 0 Å². The Kier molecular flexibility index (Phi) is 3.68. The van der Waals surface area contributed by atoms with E-state index in [1.165, 1.54) is 11.0 Å². The van der Waals surface area contributed by atoms with Crippen LogP contribution in [0, 0.1) is 0 Å². The lowest BCUT2D eigenvalue weighted by molar-refractivity contribution is -0.355. The van der Waals surface area contributed by atoms with Gasteiger partial charge in [-0.05, 0) is 0 Å². The third kappa shape index (κ3) is 6.46. The Bertz CT molecular complexity index is 118. The van der Waals surface area contributed by atoms with Crippen molar-refractivity contribution in [2.75, 3.05) is 0 Å². The molecule has 4 N–H and O–H groups in total. The molecule has 0 spiro atoms. The van der Waals surface area contributed by atoms with Crippen LogP contribution in [0.15, 0.2) is 0 Å². The summed E-state index contributed by atoms with van der Waals surface area (Å²) in [5, 5.41) is 15.6. The molecule has 0 bridgehead atoms. The number of rotatable bonds is 3. The fraction of sp³-hybridized carbons (Fsp3) is 0. The average Bonchev–Trinajstić information content (AvgIpc) is 1.79. The van der Waals surface area contributed by atoms with Crippen LogP contribution in [0.25, 0.3) is 0 Å². The van der Waals surface area contributed by atoms with Gasteiger partial charge in [-0.1, -0.05) is 9.98 Å². The molecular weight excluding hydrogens is 148 g/mol. The van der Waals surface area contributed by atoms with Crippen LogP contribution in [0.1, 0.15) is 0 Å². The van der Waals surface area contributed by atoms with E-state index < -0.39 is 12.2 Å². The normalized spacial score (nSPS) is 8.40. The van der Waals surface area contributed by atoms with Gasteiger partial charge in [-0.15, -0.1) is 0 Å². The van der Waals surface area contributed by atoms with Crippen LogP contribution in [0.2, 0.25) is 0 Å². The van der Waals surface area contributed by atoms with Crippen LogP contribution in [-0.4, -0.2) is 22.4 Å². The zero-order valence-corrected chi connectivity index (χ0v) is 4.53. The van der Waals surface area contributed by atoms with E-state index in [0.29, 0.717) is 0 Å². The zero-order valence-electron chi connectivity index (χ0n) is 4.53. The summed E-state index contributed by atoms with van der Waals surface area (Å²) < 4.78 is 0. The van der Waals surface area contributed by atoms with E-state index in [2.05, 4.69) is 9.98 Å². The van der Waals surface area contributed by atoms with Crippen molar-refractivity contribution in [1.29, 1.82) is 0 Å². The standard InChI is InChI=1S/C2H4N2O6/c5-1(6)3-9-10-4-2(7)8/h3-4H,(H,5,6)(H,7,8). The number of nitrogens with one attached hydrogen (secondary N) is 2. The van der Waals surface area contributed by atoms with Crippen molar-refractivity contribution in [2.24, 2.45) is 0 Å². The maximum absolute atomic E-state index is 9.55. The second-order valence-electron chi connectivity index (χ2n) is 0.981. The lowest BCUT2D eigenvalue weighted by atomic mass is 11.3. The van der Waals surface area contributed by atoms with Crippen LogP contribution in [-0.2, 0) is 9.98 Å². The lowest BCUT2D eigenvalue weighted by Gasteiger charge is -1.97. The van der Waals surface area contributed by atoms with Gasteiger partial charge in [0.25, 0.3) is 0 Å². The number of hydrogen-bond donors (Lipinski definition) is 4. The Morgan fingerprint density at radius 1 is 1.00 bits per heavy atom. The number of carboxylic acid groups (broad SMARTS) is 2. The van der Waals surface area contributed by atoms with Crippen molar-refractivity contribution >= 4 is 12.2 Å². The van der Waals surface area contributed by atoms with Crippen LogP contribution < -0.4 is 11.0 Å². The number of amides is 2. The van der Waals surface area contributed by atoms with Crippen LogP contribution >= 0.6 is 0 Å². The smallest absolute Gasteiger partial charge is 0.431 e. The predicted octanol–water partition coefficient (Wildman–Crippen LogP) is -0.700. The summed E-state index contributed by atoms with van der Waals surface area (Å²) in [4.78, 5) is 26.2. The molecule has 8 heteroatoms. The van der Waals surface area contributed by atoms with Gasteiger partial charge in [-0.2, -0.15) is 11.0 Å². The molecular formula is C2H4N2O6. The Labute approximate surface area is 54.2 Å². The van der Waals surface area contributed by atoms with Gasteiger partial charge in [0, 0.05) is 0 Å². The van der Waals surface area contributed by atoms with Gasteiger partial charge in [0.15, 0.2) is 0 Å². The van der Waals surface area contributed by atoms with Gasteiger partial charge in [-0.3, -0.25) is 0 Å². The molecule has 2 amide bonds. The topological polar surface area (TPSA) is 117 Å². The Morgan fingerprint density at radius 3 is 1.50 bits per heavy atom. The molecule has 0 atom stereocenters. The average molecular weight is 152 g/mol. The highest BCUT2D eigenvalue weighted by atomic mass is 17.3. The second kappa shape index (κ2) is 4.35. The molecule has 0 aliphatic carbocycles. The summed E-state index contributed by atoms with van der Waals surface area (Å²) in [6.07, 6.45) is -3.01. The molecule has 10 heavy (non-hydrogen) atoms. The van der Waals surface area contributed by atoms with Gasteiger partial charge in [0.1, 0.15) is 0 Å². The summed E-state index contributed by atoms with van der Waals surface area (Å²) in [5.41, 5.74) is 2.54. The van der Waals surface area contributed by atoms with Crippen molar-refractivity contribution < 1.29 is 29.8 Å². The monoisotopic (exact) mass is 152 g/mol. The minimum Gasteiger partial charge on any atom is -0.463 e. The third-order valence-corrected chi connectivity index (χ3v) is 0.300. The van der Waals surface area contributed by atoms with Gasteiger partial charge >= 0.3 is 12.2 Å². The number of hydrogen-bond acceptors (Lipinski definition) is 4. The zero-order chi connectivity index (χ0) is 7.98. The Hall–Kier alpha value is -1.54. The molecule has 8 nitrogen and oxygen atoms in total. The number of carbonyl (C=O) groups is 2. The fourth-order valence-electron chi connectivity index (χ4n) is 0.113. The quantitative estimate of drug-likeness (QED) is 0.241. The van der Waals surface area contributed by atoms with Gasteiger partial charge in [0.05, 0.1) is 0 Å². The molecule has 0 saturated carbocycles. The van der Waals surface area contributed by atoms with Crippen molar-refractivity contribution in [2.45, 2.75) is 0 Å². The molecule has 0 heterocycles. The van der Waals surface area contributed by atoms with E-state index in [4.69, 9.17) is 10.2 Å². The minimum atomic E-state index is -1.51. The largest absolute Gasteiger partial charge is 0.463 e. The third-order valence-electron chi connectivity index (χ3n) is 0.300. The maximum atomic E-state index is 9.55. The van der Waals surface area contributed by atoms with Crippen molar-refractivity contribution in [3.63, 3.8) is 0 Å². The Balaban J connectivity index is 3.06. The molecule has 0 aliphatic heterocycles. The van der Waals surface area contributed by atoms with E-state index in [1.54, 1.807) is 0 Å². The van der Waals surface area contributed by atoms with Crippen molar-refractivity contribution in [3.8, 4) is 0 Å². The van der Waals surface area contributed by atoms with Crippen molar-refractivity contribution in [1.82, 2.24) is 11.0 Å². The summed E-state index contributed by atoms with van der Waals surface area (Å²) in [7, 11) is 0. The molecule has 0 aromatic rings. The molecule has 0 unspecified atom stereocenters.